The van der Waals surface area contributed by atoms with Gasteiger partial charge in [0.2, 0.25) is 5.91 Å². The zero-order chi connectivity index (χ0) is 17.3. The van der Waals surface area contributed by atoms with Crippen LogP contribution in [0, 0.1) is 5.92 Å². The van der Waals surface area contributed by atoms with E-state index in [9.17, 15) is 14.4 Å². The molecule has 2 heterocycles. The summed E-state index contributed by atoms with van der Waals surface area (Å²) >= 11 is 6.13. The molecule has 24 heavy (non-hydrogen) atoms. The molecular weight excluding hydrogens is 334 g/mol. The Hall–Kier alpha value is -2.28. The number of anilines is 1. The van der Waals surface area contributed by atoms with Gasteiger partial charge in [-0.05, 0) is 25.0 Å². The summed E-state index contributed by atoms with van der Waals surface area (Å²) < 4.78 is 0. The van der Waals surface area contributed by atoms with Crippen LogP contribution >= 0.6 is 11.6 Å². The number of para-hydroxylation sites is 1. The van der Waals surface area contributed by atoms with Crippen molar-refractivity contribution in [1.82, 2.24) is 10.2 Å². The quantitative estimate of drug-likeness (QED) is 0.864. The topological polar surface area (TPSA) is 89.9 Å². The highest BCUT2D eigenvalue weighted by atomic mass is 35.5. The van der Waals surface area contributed by atoms with Gasteiger partial charge in [0.1, 0.15) is 6.04 Å². The smallest absolute Gasteiger partial charge is 0.318 e. The van der Waals surface area contributed by atoms with Crippen molar-refractivity contribution in [2.75, 3.05) is 24.5 Å². The van der Waals surface area contributed by atoms with Gasteiger partial charge in [-0.15, -0.1) is 0 Å². The molecule has 0 saturated carbocycles. The van der Waals surface area contributed by atoms with E-state index in [0.29, 0.717) is 36.6 Å². The van der Waals surface area contributed by atoms with E-state index in [1.165, 1.54) is 4.90 Å². The van der Waals surface area contributed by atoms with E-state index in [-0.39, 0.29) is 12.5 Å². The summed E-state index contributed by atoms with van der Waals surface area (Å²) in [7, 11) is 0. The largest absolute Gasteiger partial charge is 0.481 e. The van der Waals surface area contributed by atoms with Gasteiger partial charge in [-0.2, -0.15) is 0 Å². The lowest BCUT2D eigenvalue weighted by molar-refractivity contribution is -0.141. The minimum atomic E-state index is -0.896. The highest BCUT2D eigenvalue weighted by Gasteiger charge is 2.37. The summed E-state index contributed by atoms with van der Waals surface area (Å²) in [5.41, 5.74) is 0.632. The summed E-state index contributed by atoms with van der Waals surface area (Å²) in [5.74, 6) is -1.63. The van der Waals surface area contributed by atoms with Crippen molar-refractivity contribution in [1.29, 1.82) is 0 Å². The summed E-state index contributed by atoms with van der Waals surface area (Å²) in [4.78, 5) is 38.8. The Kier molecular flexibility index (Phi) is 4.62. The van der Waals surface area contributed by atoms with Crippen LogP contribution in [0.2, 0.25) is 5.02 Å². The molecule has 1 aromatic carbocycles. The van der Waals surface area contributed by atoms with Crippen LogP contribution in [0.1, 0.15) is 12.8 Å². The first-order valence-electron chi connectivity index (χ1n) is 7.81. The molecule has 0 radical (unpaired) electrons. The van der Waals surface area contributed by atoms with Crippen LogP contribution < -0.4 is 10.2 Å². The Bertz CT molecular complexity index is 681. The number of halogens is 1. The molecule has 0 aliphatic carbocycles. The van der Waals surface area contributed by atoms with Gasteiger partial charge in [-0.3, -0.25) is 9.59 Å². The number of hydrogen-bond acceptors (Lipinski definition) is 3. The molecular formula is C16H18ClN3O4. The molecule has 3 amide bonds. The number of likely N-dealkylation sites (tertiary alicyclic amines) is 1. The third-order valence-corrected chi connectivity index (χ3v) is 4.79. The van der Waals surface area contributed by atoms with E-state index in [1.807, 2.05) is 0 Å². The van der Waals surface area contributed by atoms with Gasteiger partial charge < -0.3 is 20.2 Å². The molecule has 2 atom stereocenters. The fourth-order valence-corrected chi connectivity index (χ4v) is 3.35. The molecule has 0 aromatic heterocycles. The number of carboxylic acid groups (broad SMARTS) is 1. The molecule has 2 N–H and O–H groups in total. The molecule has 2 aliphatic heterocycles. The second-order valence-electron chi connectivity index (χ2n) is 6.00. The van der Waals surface area contributed by atoms with Gasteiger partial charge in [0.25, 0.3) is 0 Å². The number of urea groups is 1. The van der Waals surface area contributed by atoms with Gasteiger partial charge in [0.15, 0.2) is 0 Å². The van der Waals surface area contributed by atoms with E-state index in [4.69, 9.17) is 16.7 Å². The fraction of sp³-hybridized carbons (Fsp3) is 0.438. The molecule has 1 aromatic rings. The Morgan fingerprint density at radius 2 is 1.96 bits per heavy atom. The number of carbonyl (C=O) groups is 3. The number of carboxylic acids is 1. The predicted octanol–water partition coefficient (Wildman–Crippen LogP) is 1.56. The maximum Gasteiger partial charge on any atom is 0.318 e. The number of rotatable bonds is 3. The molecule has 2 aliphatic rings. The van der Waals surface area contributed by atoms with Crippen LogP contribution in [0.25, 0.3) is 0 Å². The number of nitrogens with zero attached hydrogens (tertiary/aromatic N) is 2. The van der Waals surface area contributed by atoms with E-state index >= 15 is 0 Å². The minimum Gasteiger partial charge on any atom is -0.481 e. The Morgan fingerprint density at radius 1 is 1.21 bits per heavy atom. The van der Waals surface area contributed by atoms with Crippen molar-refractivity contribution >= 4 is 35.2 Å². The van der Waals surface area contributed by atoms with Crippen molar-refractivity contribution in [3.63, 3.8) is 0 Å². The van der Waals surface area contributed by atoms with E-state index in [0.717, 1.165) is 0 Å². The third kappa shape index (κ3) is 3.17. The van der Waals surface area contributed by atoms with Crippen LogP contribution in [0.15, 0.2) is 24.3 Å². The predicted molar refractivity (Wildman–Crippen MR) is 88.1 cm³/mol. The Morgan fingerprint density at radius 3 is 2.62 bits per heavy atom. The zero-order valence-corrected chi connectivity index (χ0v) is 13.7. The average Bonchev–Trinajstić information content (AvgIpc) is 3.17. The Balaban J connectivity index is 1.61. The van der Waals surface area contributed by atoms with Crippen LogP contribution in [-0.2, 0) is 9.59 Å². The average molecular weight is 352 g/mol. The van der Waals surface area contributed by atoms with Crippen LogP contribution in [0.3, 0.4) is 0 Å². The summed E-state index contributed by atoms with van der Waals surface area (Å²) in [6, 6.07) is 6.07. The molecule has 3 rings (SSSR count). The molecule has 2 unspecified atom stereocenters. The summed E-state index contributed by atoms with van der Waals surface area (Å²) in [6.07, 6.45) is 0.930. The number of nitrogens with one attached hydrogen (secondary N) is 1. The molecule has 0 bridgehead atoms. The SMILES string of the molecule is O=C(O)C1CCN(C(=O)NC2CCN(c3ccccc3Cl)C2=O)C1. The van der Waals surface area contributed by atoms with E-state index in [2.05, 4.69) is 5.32 Å². The lowest BCUT2D eigenvalue weighted by Gasteiger charge is -2.21. The monoisotopic (exact) mass is 351 g/mol. The summed E-state index contributed by atoms with van der Waals surface area (Å²) in [6.45, 7) is 1.04. The van der Waals surface area contributed by atoms with Gasteiger partial charge in [-0.1, -0.05) is 23.7 Å². The number of hydrogen-bond donors (Lipinski definition) is 2. The molecule has 128 valence electrons. The lowest BCUT2D eigenvalue weighted by atomic mass is 10.1. The van der Waals surface area contributed by atoms with Gasteiger partial charge in [0.05, 0.1) is 16.6 Å². The van der Waals surface area contributed by atoms with Gasteiger partial charge in [0, 0.05) is 19.6 Å². The molecule has 0 spiro atoms. The first-order chi connectivity index (χ1) is 11.5. The highest BCUT2D eigenvalue weighted by Crippen LogP contribution is 2.29. The van der Waals surface area contributed by atoms with E-state index < -0.39 is 24.0 Å². The first kappa shape index (κ1) is 16.6. The second kappa shape index (κ2) is 6.68. The number of carbonyl (C=O) groups excluding carboxylic acids is 2. The third-order valence-electron chi connectivity index (χ3n) is 4.47. The maximum absolute atomic E-state index is 12.5. The number of aliphatic carboxylic acids is 1. The normalized spacial score (nSPS) is 23.6. The minimum absolute atomic E-state index is 0.177. The van der Waals surface area contributed by atoms with Crippen molar-refractivity contribution in [3.8, 4) is 0 Å². The fourth-order valence-electron chi connectivity index (χ4n) is 3.11. The first-order valence-corrected chi connectivity index (χ1v) is 8.19. The Labute approximate surface area is 144 Å². The highest BCUT2D eigenvalue weighted by molar-refractivity contribution is 6.34. The number of benzene rings is 1. The van der Waals surface area contributed by atoms with Crippen LogP contribution in [0.5, 0.6) is 0 Å². The molecule has 2 fully saturated rings. The van der Waals surface area contributed by atoms with E-state index in [1.54, 1.807) is 29.2 Å². The molecule has 8 heteroatoms. The van der Waals surface area contributed by atoms with Crippen molar-refractivity contribution in [3.05, 3.63) is 29.3 Å². The van der Waals surface area contributed by atoms with Crippen LogP contribution in [-0.4, -0.2) is 53.6 Å². The second-order valence-corrected chi connectivity index (χ2v) is 6.41. The van der Waals surface area contributed by atoms with Gasteiger partial charge in [-0.25, -0.2) is 4.79 Å². The van der Waals surface area contributed by atoms with Crippen molar-refractivity contribution < 1.29 is 19.5 Å². The zero-order valence-electron chi connectivity index (χ0n) is 12.9. The summed E-state index contributed by atoms with van der Waals surface area (Å²) in [5, 5.41) is 12.2. The number of amides is 3. The molecule has 7 nitrogen and oxygen atoms in total. The molecule has 2 saturated heterocycles. The van der Waals surface area contributed by atoms with Crippen molar-refractivity contribution in [2.24, 2.45) is 5.92 Å². The van der Waals surface area contributed by atoms with Gasteiger partial charge >= 0.3 is 12.0 Å². The standard InChI is InChI=1S/C16H18ClN3O4/c17-11-3-1-2-4-13(11)20-8-6-12(14(20)21)18-16(24)19-7-5-10(9-19)15(22)23/h1-4,10,12H,5-9H2,(H,18,24)(H,22,23). The maximum atomic E-state index is 12.5. The van der Waals surface area contributed by atoms with Crippen molar-refractivity contribution in [2.45, 2.75) is 18.9 Å². The lowest BCUT2D eigenvalue weighted by Crippen LogP contribution is -2.47. The van der Waals surface area contributed by atoms with Crippen LogP contribution in [0.4, 0.5) is 10.5 Å².